The molecule has 3 heterocycles. The molecule has 0 amide bonds. The van der Waals surface area contributed by atoms with Gasteiger partial charge in [0.1, 0.15) is 28.0 Å². The van der Waals surface area contributed by atoms with Crippen molar-refractivity contribution in [1.29, 1.82) is 0 Å². The summed E-state index contributed by atoms with van der Waals surface area (Å²) in [6.07, 6.45) is 2.93. The second kappa shape index (κ2) is 9.78. The van der Waals surface area contributed by atoms with Crippen LogP contribution in [-0.2, 0) is 19.5 Å². The predicted octanol–water partition coefficient (Wildman–Crippen LogP) is 6.82. The minimum atomic E-state index is -0.276. The van der Waals surface area contributed by atoms with Gasteiger partial charge in [-0.05, 0) is 73.4 Å². The lowest BCUT2D eigenvalue weighted by Crippen LogP contribution is -2.15. The third kappa shape index (κ3) is 4.49. The third-order valence-corrected chi connectivity index (χ3v) is 7.03. The van der Waals surface area contributed by atoms with Crippen molar-refractivity contribution >= 4 is 34.2 Å². The van der Waals surface area contributed by atoms with Crippen LogP contribution < -0.4 is 10.6 Å². The van der Waals surface area contributed by atoms with Crippen molar-refractivity contribution in [2.75, 3.05) is 10.6 Å². The van der Waals surface area contributed by atoms with Crippen molar-refractivity contribution < 1.29 is 8.78 Å². The number of nitrogens with one attached hydrogen (secondary N) is 2. The van der Waals surface area contributed by atoms with E-state index in [4.69, 9.17) is 17.3 Å². The van der Waals surface area contributed by atoms with Gasteiger partial charge in [-0.3, -0.25) is 0 Å². The number of rotatable bonds is 6. The zero-order valence-corrected chi connectivity index (χ0v) is 20.9. The molecule has 37 heavy (non-hydrogen) atoms. The third-order valence-electron chi connectivity index (χ3n) is 6.74. The highest BCUT2D eigenvalue weighted by Gasteiger charge is 2.29. The number of aryl methyl sites for hydroxylation is 2. The highest BCUT2D eigenvalue weighted by atomic mass is 32.1. The van der Waals surface area contributed by atoms with Crippen LogP contribution in [0.25, 0.3) is 16.8 Å². The first kappa shape index (κ1) is 23.4. The second-order valence-corrected chi connectivity index (χ2v) is 9.56. The van der Waals surface area contributed by atoms with Gasteiger partial charge in [-0.2, -0.15) is 5.10 Å². The molecule has 0 saturated heterocycles. The van der Waals surface area contributed by atoms with Crippen LogP contribution in [0.15, 0.2) is 78.9 Å². The zero-order valence-electron chi connectivity index (χ0n) is 20.0. The number of aromatic nitrogens is 3. The molecule has 0 unspecified atom stereocenters. The maximum absolute atomic E-state index is 13.8. The number of halogens is 2. The highest BCUT2D eigenvalue weighted by Crippen LogP contribution is 2.37. The first-order valence-electron chi connectivity index (χ1n) is 12.3. The summed E-state index contributed by atoms with van der Waals surface area (Å²) in [7, 11) is 0. The van der Waals surface area contributed by atoms with Crippen LogP contribution in [0.5, 0.6) is 0 Å². The molecular weight excluding hydrogens is 488 g/mol. The van der Waals surface area contributed by atoms with Crippen molar-refractivity contribution in [2.24, 2.45) is 0 Å². The van der Waals surface area contributed by atoms with Gasteiger partial charge >= 0.3 is 0 Å². The van der Waals surface area contributed by atoms with Gasteiger partial charge in [0.25, 0.3) is 0 Å². The molecule has 1 aliphatic rings. The van der Waals surface area contributed by atoms with E-state index >= 15 is 0 Å². The molecule has 6 rings (SSSR count). The molecule has 0 saturated carbocycles. The Bertz CT molecular complexity index is 1570. The van der Waals surface area contributed by atoms with Crippen molar-refractivity contribution in [1.82, 2.24) is 14.2 Å². The van der Waals surface area contributed by atoms with Gasteiger partial charge in [0.2, 0.25) is 0 Å². The van der Waals surface area contributed by atoms with E-state index in [0.717, 1.165) is 71.0 Å². The Kier molecular flexibility index (Phi) is 6.18. The number of para-hydroxylation sites is 1. The molecule has 0 spiro atoms. The predicted molar refractivity (Wildman–Crippen MR) is 147 cm³/mol. The van der Waals surface area contributed by atoms with Gasteiger partial charge < -0.3 is 15.2 Å². The fourth-order valence-corrected chi connectivity index (χ4v) is 5.34. The van der Waals surface area contributed by atoms with Crippen molar-refractivity contribution in [2.45, 2.75) is 32.4 Å². The number of hydrogen-bond acceptors (Lipinski definition) is 3. The lowest BCUT2D eigenvalue weighted by molar-refractivity contribution is 0.618. The molecule has 0 aliphatic carbocycles. The normalized spacial score (nSPS) is 12.9. The van der Waals surface area contributed by atoms with Gasteiger partial charge in [0, 0.05) is 29.0 Å². The Morgan fingerprint density at radius 2 is 1.57 bits per heavy atom. The average Bonchev–Trinajstić information content (AvgIpc) is 3.31. The summed E-state index contributed by atoms with van der Waals surface area (Å²) in [5, 5.41) is 11.8. The molecule has 3 aromatic carbocycles. The van der Waals surface area contributed by atoms with Gasteiger partial charge in [-0.15, -0.1) is 0 Å². The van der Waals surface area contributed by atoms with Gasteiger partial charge in [-0.25, -0.2) is 13.3 Å². The number of anilines is 2. The number of nitrogens with zero attached hydrogens (tertiary/aromatic N) is 3. The Morgan fingerprint density at radius 3 is 2.30 bits per heavy atom. The van der Waals surface area contributed by atoms with Crippen molar-refractivity contribution in [3.05, 3.63) is 108 Å². The monoisotopic (exact) mass is 513 g/mol. The lowest BCUT2D eigenvalue weighted by atomic mass is 9.98. The Labute approximate surface area is 218 Å². The van der Waals surface area contributed by atoms with Crippen molar-refractivity contribution in [3.63, 3.8) is 0 Å². The van der Waals surface area contributed by atoms with Crippen LogP contribution in [0.1, 0.15) is 29.9 Å². The maximum atomic E-state index is 13.8. The van der Waals surface area contributed by atoms with E-state index in [0.29, 0.717) is 11.5 Å². The van der Waals surface area contributed by atoms with Crippen LogP contribution in [0, 0.1) is 11.6 Å². The Hall–Kier alpha value is -4.04. The van der Waals surface area contributed by atoms with E-state index in [1.54, 1.807) is 12.1 Å². The average molecular weight is 514 g/mol. The first-order valence-corrected chi connectivity index (χ1v) is 12.7. The number of benzene rings is 3. The van der Waals surface area contributed by atoms with Crippen molar-refractivity contribution in [3.8, 4) is 11.1 Å². The topological polar surface area (TPSA) is 46.3 Å². The largest absolute Gasteiger partial charge is 0.378 e. The van der Waals surface area contributed by atoms with Crippen LogP contribution >= 0.6 is 12.2 Å². The zero-order chi connectivity index (χ0) is 25.4. The molecule has 186 valence electrons. The van der Waals surface area contributed by atoms with Crippen LogP contribution in [-0.4, -0.2) is 19.2 Å². The standard InChI is InChI=1S/C29H25F2N5S/c30-20-11-9-19(10-12-20)26-24-8-4-5-17-35-25(18-32-22-15-13-21(31)14-16-22)34-36(29(24)35)27(26)28(37)33-23-6-2-1-3-7-23/h1-3,6-7,9-16,32H,4-5,8,17-18H2,(H,33,37). The van der Waals surface area contributed by atoms with Crippen LogP contribution in [0.4, 0.5) is 20.2 Å². The molecule has 2 aromatic heterocycles. The quantitative estimate of drug-likeness (QED) is 0.245. The number of hydrogen-bond donors (Lipinski definition) is 2. The van der Waals surface area contributed by atoms with E-state index in [9.17, 15) is 8.78 Å². The molecule has 0 bridgehead atoms. The molecule has 5 aromatic rings. The minimum Gasteiger partial charge on any atom is -0.378 e. The van der Waals surface area contributed by atoms with E-state index in [-0.39, 0.29) is 11.6 Å². The van der Waals surface area contributed by atoms with Gasteiger partial charge in [0.05, 0.1) is 6.54 Å². The summed E-state index contributed by atoms with van der Waals surface area (Å²) in [6, 6.07) is 22.7. The summed E-state index contributed by atoms with van der Waals surface area (Å²) in [5.74, 6) is 0.327. The summed E-state index contributed by atoms with van der Waals surface area (Å²) in [4.78, 5) is 0.551. The summed E-state index contributed by atoms with van der Waals surface area (Å²) in [5.41, 5.74) is 6.58. The number of thiocarbonyl (C=S) groups is 1. The molecule has 8 heteroatoms. The first-order chi connectivity index (χ1) is 18.1. The van der Waals surface area contributed by atoms with E-state index in [2.05, 4.69) is 15.2 Å². The van der Waals surface area contributed by atoms with Gasteiger partial charge in [0.15, 0.2) is 5.82 Å². The van der Waals surface area contributed by atoms with E-state index in [1.807, 2.05) is 47.0 Å². The lowest BCUT2D eigenvalue weighted by Gasteiger charge is -2.12. The fourth-order valence-electron chi connectivity index (χ4n) is 5.03. The second-order valence-electron chi connectivity index (χ2n) is 9.15. The SMILES string of the molecule is Fc1ccc(NCc2nn3c(C(=S)Nc4ccccc4)c(-c4ccc(F)cc4)c4c3n2CCCC4)cc1. The summed E-state index contributed by atoms with van der Waals surface area (Å²) < 4.78 is 31.4. The Morgan fingerprint density at radius 1 is 0.865 bits per heavy atom. The van der Waals surface area contributed by atoms with Crippen LogP contribution in [0.3, 0.4) is 0 Å². The van der Waals surface area contributed by atoms with Gasteiger partial charge in [-0.1, -0.05) is 42.5 Å². The molecule has 0 fully saturated rings. The van der Waals surface area contributed by atoms with E-state index in [1.165, 1.54) is 24.3 Å². The Balaban J connectivity index is 1.49. The van der Waals surface area contributed by atoms with E-state index < -0.39 is 0 Å². The molecule has 0 atom stereocenters. The minimum absolute atomic E-state index is 0.269. The molecule has 1 aliphatic heterocycles. The summed E-state index contributed by atoms with van der Waals surface area (Å²) in [6.45, 7) is 1.32. The fraction of sp³-hybridized carbons (Fsp3) is 0.172. The molecule has 2 N–H and O–H groups in total. The molecular formula is C29H25F2N5S. The highest BCUT2D eigenvalue weighted by molar-refractivity contribution is 7.81. The molecule has 5 nitrogen and oxygen atoms in total. The smallest absolute Gasteiger partial charge is 0.150 e. The maximum Gasteiger partial charge on any atom is 0.150 e. The van der Waals surface area contributed by atoms with Crippen LogP contribution in [0.2, 0.25) is 0 Å². The summed E-state index contributed by atoms with van der Waals surface area (Å²) >= 11 is 5.96. The molecule has 0 radical (unpaired) electrons.